The van der Waals surface area contributed by atoms with Crippen LogP contribution in [0.1, 0.15) is 59.3 Å². The third kappa shape index (κ3) is 9.69. The molecule has 0 aromatic carbocycles. The molecule has 0 rings (SSSR count). The second kappa shape index (κ2) is 7.42. The molecule has 0 radical (unpaired) electrons. The van der Waals surface area contributed by atoms with Crippen molar-refractivity contribution in [3.63, 3.8) is 0 Å². The zero-order chi connectivity index (χ0) is 12.6. The van der Waals surface area contributed by atoms with Crippen molar-refractivity contribution in [3.05, 3.63) is 0 Å². The van der Waals surface area contributed by atoms with Gasteiger partial charge in [0.15, 0.2) is 0 Å². The number of carbonyl (C=O) groups excluding carboxylic acids is 2. The summed E-state index contributed by atoms with van der Waals surface area (Å²) in [7, 11) is 1.30. The predicted octanol–water partition coefficient (Wildman–Crippen LogP) is 3.12. The van der Waals surface area contributed by atoms with Gasteiger partial charge in [0.05, 0.1) is 7.11 Å². The predicted molar refractivity (Wildman–Crippen MR) is 64.2 cm³/mol. The molecule has 0 spiro atoms. The van der Waals surface area contributed by atoms with Gasteiger partial charge in [0.1, 0.15) is 12.2 Å². The first kappa shape index (κ1) is 15.1. The van der Waals surface area contributed by atoms with E-state index in [1.54, 1.807) is 0 Å². The van der Waals surface area contributed by atoms with Crippen LogP contribution in [0.15, 0.2) is 0 Å². The van der Waals surface area contributed by atoms with E-state index >= 15 is 0 Å². The molecular formula is C13H24O3. The highest BCUT2D eigenvalue weighted by molar-refractivity contribution is 5.95. The number of unbranched alkanes of at least 4 members (excludes halogenated alkanes) is 2. The average Bonchev–Trinajstić information content (AvgIpc) is 2.15. The van der Waals surface area contributed by atoms with Crippen molar-refractivity contribution in [1.82, 2.24) is 0 Å². The van der Waals surface area contributed by atoms with Crippen LogP contribution >= 0.6 is 0 Å². The fourth-order valence-electron chi connectivity index (χ4n) is 1.48. The molecule has 0 saturated carbocycles. The number of hydrogen-bond acceptors (Lipinski definition) is 3. The summed E-state index contributed by atoms with van der Waals surface area (Å²) in [4.78, 5) is 22.1. The van der Waals surface area contributed by atoms with Crippen molar-refractivity contribution in [2.24, 2.45) is 5.41 Å². The Hall–Kier alpha value is -0.860. The number of carbonyl (C=O) groups is 2. The zero-order valence-corrected chi connectivity index (χ0v) is 11.0. The summed E-state index contributed by atoms with van der Waals surface area (Å²) in [5, 5.41) is 0. The van der Waals surface area contributed by atoms with Crippen molar-refractivity contribution >= 4 is 11.8 Å². The lowest BCUT2D eigenvalue weighted by atomic mass is 9.89. The summed E-state index contributed by atoms with van der Waals surface area (Å²) >= 11 is 0. The van der Waals surface area contributed by atoms with Crippen LogP contribution in [-0.4, -0.2) is 18.9 Å². The van der Waals surface area contributed by atoms with Gasteiger partial charge in [-0.25, -0.2) is 0 Å². The van der Waals surface area contributed by atoms with Gasteiger partial charge < -0.3 is 4.74 Å². The van der Waals surface area contributed by atoms with Gasteiger partial charge >= 0.3 is 5.97 Å². The average molecular weight is 228 g/mol. The maximum atomic E-state index is 11.3. The lowest BCUT2D eigenvalue weighted by molar-refractivity contribution is -0.143. The summed E-state index contributed by atoms with van der Waals surface area (Å²) in [5.74, 6) is -0.442. The summed E-state index contributed by atoms with van der Waals surface area (Å²) in [6.07, 6.45) is 4.69. The van der Waals surface area contributed by atoms with E-state index in [2.05, 4.69) is 25.5 Å². The summed E-state index contributed by atoms with van der Waals surface area (Å²) < 4.78 is 4.43. The largest absolute Gasteiger partial charge is 0.469 e. The van der Waals surface area contributed by atoms with Crippen molar-refractivity contribution in [3.8, 4) is 0 Å². The molecule has 0 saturated heterocycles. The van der Waals surface area contributed by atoms with Gasteiger partial charge in [-0.2, -0.15) is 0 Å². The molecule has 0 heterocycles. The second-order valence-electron chi connectivity index (χ2n) is 5.41. The number of ketones is 1. The minimum Gasteiger partial charge on any atom is -0.469 e. The summed E-state index contributed by atoms with van der Waals surface area (Å²) in [6, 6.07) is 0. The normalized spacial score (nSPS) is 11.2. The lowest BCUT2D eigenvalue weighted by Crippen LogP contribution is -2.09. The van der Waals surface area contributed by atoms with E-state index in [-0.39, 0.29) is 12.2 Å². The number of methoxy groups -OCH3 is 1. The molecule has 0 N–H and O–H groups in total. The minimum atomic E-state index is -0.431. The molecule has 3 nitrogen and oxygen atoms in total. The van der Waals surface area contributed by atoms with Crippen molar-refractivity contribution in [1.29, 1.82) is 0 Å². The van der Waals surface area contributed by atoms with Gasteiger partial charge in [-0.15, -0.1) is 0 Å². The smallest absolute Gasteiger partial charge is 0.313 e. The Morgan fingerprint density at radius 3 is 2.19 bits per heavy atom. The molecule has 16 heavy (non-hydrogen) atoms. The molecular weight excluding hydrogens is 204 g/mol. The Bertz CT molecular complexity index is 226. The lowest BCUT2D eigenvalue weighted by Gasteiger charge is -2.17. The summed E-state index contributed by atoms with van der Waals surface area (Å²) in [6.45, 7) is 6.65. The number of ether oxygens (including phenoxy) is 1. The van der Waals surface area contributed by atoms with Crippen molar-refractivity contribution < 1.29 is 14.3 Å². The Balaban J connectivity index is 3.45. The van der Waals surface area contributed by atoms with Crippen LogP contribution in [0.3, 0.4) is 0 Å². The van der Waals surface area contributed by atoms with E-state index in [0.29, 0.717) is 11.8 Å². The van der Waals surface area contributed by atoms with Crippen molar-refractivity contribution in [2.75, 3.05) is 7.11 Å². The van der Waals surface area contributed by atoms with Gasteiger partial charge in [-0.05, 0) is 18.3 Å². The molecule has 0 bridgehead atoms. The molecule has 3 heteroatoms. The molecule has 0 aliphatic heterocycles. The monoisotopic (exact) mass is 228 g/mol. The van der Waals surface area contributed by atoms with E-state index in [1.165, 1.54) is 13.5 Å². The van der Waals surface area contributed by atoms with Gasteiger partial charge in [0.2, 0.25) is 0 Å². The molecule has 0 aliphatic carbocycles. The van der Waals surface area contributed by atoms with Gasteiger partial charge in [-0.3, -0.25) is 9.59 Å². The van der Waals surface area contributed by atoms with Gasteiger partial charge in [0.25, 0.3) is 0 Å². The van der Waals surface area contributed by atoms with Crippen LogP contribution in [0, 0.1) is 5.41 Å². The highest BCUT2D eigenvalue weighted by Crippen LogP contribution is 2.22. The standard InChI is InChI=1S/C13H24O3/c1-13(2,3)9-7-5-6-8-11(14)10-12(15)16-4/h5-10H2,1-4H3. The first-order chi connectivity index (χ1) is 7.35. The van der Waals surface area contributed by atoms with Gasteiger partial charge in [0, 0.05) is 6.42 Å². The zero-order valence-electron chi connectivity index (χ0n) is 11.0. The Labute approximate surface area is 98.6 Å². The van der Waals surface area contributed by atoms with E-state index < -0.39 is 5.97 Å². The van der Waals surface area contributed by atoms with Crippen LogP contribution in [0.25, 0.3) is 0 Å². The molecule has 0 aliphatic rings. The fraction of sp³-hybridized carbons (Fsp3) is 0.846. The molecule has 0 unspecified atom stereocenters. The van der Waals surface area contributed by atoms with Crippen LogP contribution in [0.4, 0.5) is 0 Å². The van der Waals surface area contributed by atoms with Crippen molar-refractivity contribution in [2.45, 2.75) is 59.3 Å². The van der Waals surface area contributed by atoms with Crippen LogP contribution in [0.2, 0.25) is 0 Å². The molecule has 0 aromatic heterocycles. The maximum Gasteiger partial charge on any atom is 0.313 e. The molecule has 0 amide bonds. The molecule has 94 valence electrons. The van der Waals surface area contributed by atoms with Crippen LogP contribution < -0.4 is 0 Å². The van der Waals surface area contributed by atoms with E-state index in [9.17, 15) is 9.59 Å². The first-order valence-electron chi connectivity index (χ1n) is 5.93. The highest BCUT2D eigenvalue weighted by atomic mass is 16.5. The van der Waals surface area contributed by atoms with Gasteiger partial charge in [-0.1, -0.05) is 33.6 Å². The first-order valence-corrected chi connectivity index (χ1v) is 5.93. The quantitative estimate of drug-likeness (QED) is 0.382. The highest BCUT2D eigenvalue weighted by Gasteiger charge is 2.11. The van der Waals surface area contributed by atoms with Crippen LogP contribution in [-0.2, 0) is 14.3 Å². The number of hydrogen-bond donors (Lipinski definition) is 0. The SMILES string of the molecule is COC(=O)CC(=O)CCCCCC(C)(C)C. The third-order valence-electron chi connectivity index (χ3n) is 2.45. The maximum absolute atomic E-state index is 11.3. The fourth-order valence-corrected chi connectivity index (χ4v) is 1.48. The van der Waals surface area contributed by atoms with E-state index in [0.717, 1.165) is 19.3 Å². The summed E-state index contributed by atoms with van der Waals surface area (Å²) in [5.41, 5.74) is 0.371. The molecule has 0 atom stereocenters. The van der Waals surface area contributed by atoms with E-state index in [4.69, 9.17) is 0 Å². The third-order valence-corrected chi connectivity index (χ3v) is 2.45. The second-order valence-corrected chi connectivity index (χ2v) is 5.41. The Morgan fingerprint density at radius 1 is 1.06 bits per heavy atom. The molecule has 0 aromatic rings. The Kier molecular flexibility index (Phi) is 7.02. The Morgan fingerprint density at radius 2 is 1.69 bits per heavy atom. The van der Waals surface area contributed by atoms with E-state index in [1.807, 2.05) is 0 Å². The number of esters is 1. The van der Waals surface area contributed by atoms with Crippen LogP contribution in [0.5, 0.6) is 0 Å². The topological polar surface area (TPSA) is 43.4 Å². The number of rotatable bonds is 7. The number of Topliss-reactive ketones (excluding diaryl/α,β-unsaturated/α-hetero) is 1. The molecule has 0 fully saturated rings. The minimum absolute atomic E-state index is 0.0115.